The predicted octanol–water partition coefficient (Wildman–Crippen LogP) is 5.80. The zero-order valence-corrected chi connectivity index (χ0v) is 15.3. The highest BCUT2D eigenvalue weighted by atomic mass is 14.3. The quantitative estimate of drug-likeness (QED) is 0.666. The Kier molecular flexibility index (Phi) is 6.45. The molecule has 132 valence electrons. The van der Waals surface area contributed by atoms with Gasteiger partial charge in [0.1, 0.15) is 0 Å². The number of nitriles is 2. The van der Waals surface area contributed by atoms with E-state index in [0.717, 1.165) is 35.8 Å². The molecule has 2 atom stereocenters. The third-order valence-electron chi connectivity index (χ3n) is 5.74. The van der Waals surface area contributed by atoms with Gasteiger partial charge in [0.25, 0.3) is 0 Å². The Bertz CT molecular complexity index is 707. The van der Waals surface area contributed by atoms with Gasteiger partial charge in [-0.15, -0.1) is 0 Å². The van der Waals surface area contributed by atoms with Gasteiger partial charge in [0.15, 0.2) is 0 Å². The zero-order valence-electron chi connectivity index (χ0n) is 15.3. The first-order valence-corrected chi connectivity index (χ1v) is 9.75. The van der Waals surface area contributed by atoms with Gasteiger partial charge in [-0.1, -0.05) is 43.5 Å². The molecule has 0 bridgehead atoms. The summed E-state index contributed by atoms with van der Waals surface area (Å²) >= 11 is 0. The Morgan fingerprint density at radius 3 is 1.50 bits per heavy atom. The summed E-state index contributed by atoms with van der Waals surface area (Å²) in [6.07, 6.45) is 10.2. The van der Waals surface area contributed by atoms with Crippen molar-refractivity contribution < 1.29 is 0 Å². The second-order valence-electron chi connectivity index (χ2n) is 7.59. The molecule has 2 aromatic rings. The molecule has 0 unspecified atom stereocenters. The van der Waals surface area contributed by atoms with Crippen LogP contribution in [0.15, 0.2) is 48.5 Å². The number of aryl methyl sites for hydroxylation is 2. The molecule has 0 amide bonds. The van der Waals surface area contributed by atoms with E-state index in [1.165, 1.54) is 49.7 Å². The Morgan fingerprint density at radius 1 is 0.692 bits per heavy atom. The van der Waals surface area contributed by atoms with Gasteiger partial charge in [-0.05, 0) is 79.3 Å². The summed E-state index contributed by atoms with van der Waals surface area (Å²) in [6.45, 7) is 0. The lowest BCUT2D eigenvalue weighted by molar-refractivity contribution is 0.244. The lowest BCUT2D eigenvalue weighted by atomic mass is 9.77. The molecule has 0 radical (unpaired) electrons. The highest BCUT2D eigenvalue weighted by molar-refractivity contribution is 5.32. The third kappa shape index (κ3) is 5.21. The van der Waals surface area contributed by atoms with Gasteiger partial charge in [0.2, 0.25) is 0 Å². The van der Waals surface area contributed by atoms with Crippen LogP contribution in [-0.2, 0) is 12.8 Å². The van der Waals surface area contributed by atoms with Crippen LogP contribution in [0.4, 0.5) is 0 Å². The minimum Gasteiger partial charge on any atom is -0.192 e. The third-order valence-corrected chi connectivity index (χ3v) is 5.74. The van der Waals surface area contributed by atoms with Crippen molar-refractivity contribution in [3.63, 3.8) is 0 Å². The number of rotatable bonds is 6. The van der Waals surface area contributed by atoms with Crippen LogP contribution in [0, 0.1) is 34.5 Å². The van der Waals surface area contributed by atoms with E-state index in [1.807, 2.05) is 24.3 Å². The number of hydrogen-bond acceptors (Lipinski definition) is 2. The summed E-state index contributed by atoms with van der Waals surface area (Å²) in [7, 11) is 0. The first-order valence-electron chi connectivity index (χ1n) is 9.75. The van der Waals surface area contributed by atoms with Crippen LogP contribution >= 0.6 is 0 Å². The smallest absolute Gasteiger partial charge is 0.0991 e. The molecule has 0 heterocycles. The van der Waals surface area contributed by atoms with Crippen LogP contribution in [-0.4, -0.2) is 0 Å². The highest BCUT2D eigenvalue weighted by Gasteiger charge is 2.21. The number of benzene rings is 2. The predicted molar refractivity (Wildman–Crippen MR) is 104 cm³/mol. The van der Waals surface area contributed by atoms with Gasteiger partial charge >= 0.3 is 0 Å². The summed E-state index contributed by atoms with van der Waals surface area (Å²) < 4.78 is 0. The summed E-state index contributed by atoms with van der Waals surface area (Å²) in [5, 5.41) is 17.8. The van der Waals surface area contributed by atoms with Crippen molar-refractivity contribution in [1.29, 1.82) is 10.5 Å². The van der Waals surface area contributed by atoms with E-state index in [9.17, 15) is 0 Å². The van der Waals surface area contributed by atoms with E-state index in [2.05, 4.69) is 36.4 Å². The van der Waals surface area contributed by atoms with Crippen LogP contribution in [0.3, 0.4) is 0 Å². The van der Waals surface area contributed by atoms with Crippen LogP contribution in [0.5, 0.6) is 0 Å². The molecule has 1 aliphatic rings. The number of nitrogens with zero attached hydrogens (tertiary/aromatic N) is 2. The first kappa shape index (κ1) is 18.2. The fourth-order valence-electron chi connectivity index (χ4n) is 4.16. The molecule has 0 spiro atoms. The van der Waals surface area contributed by atoms with Gasteiger partial charge in [0, 0.05) is 0 Å². The topological polar surface area (TPSA) is 47.6 Å². The number of hydrogen-bond donors (Lipinski definition) is 0. The SMILES string of the molecule is N#Cc1ccc(CC[C@H]2CCC[C@H](CCc3ccc(C#N)cc3)C2)cc1. The average molecular weight is 342 g/mol. The second-order valence-corrected chi connectivity index (χ2v) is 7.59. The average Bonchev–Trinajstić information content (AvgIpc) is 2.72. The standard InChI is InChI=1S/C24H26N2/c25-17-23-12-6-19(7-13-23)4-10-21-2-1-3-22(16-21)11-5-20-8-14-24(18-26)15-9-20/h6-9,12-15,21-22H,1-5,10-11,16H2/t21-,22-/m1/s1. The summed E-state index contributed by atoms with van der Waals surface area (Å²) in [5.74, 6) is 1.68. The molecule has 2 aromatic carbocycles. The van der Waals surface area contributed by atoms with Crippen LogP contribution in [0.25, 0.3) is 0 Å². The minimum atomic E-state index is 0.745. The van der Waals surface area contributed by atoms with Gasteiger partial charge in [-0.25, -0.2) is 0 Å². The molecule has 2 heteroatoms. The molecule has 2 nitrogen and oxygen atoms in total. The van der Waals surface area contributed by atoms with E-state index >= 15 is 0 Å². The molecule has 1 saturated carbocycles. The summed E-state index contributed by atoms with van der Waals surface area (Å²) in [4.78, 5) is 0. The summed E-state index contributed by atoms with van der Waals surface area (Å²) in [6, 6.07) is 20.5. The van der Waals surface area contributed by atoms with E-state index in [4.69, 9.17) is 10.5 Å². The Hall–Kier alpha value is -2.58. The maximum atomic E-state index is 8.89. The second kappa shape index (κ2) is 9.21. The Labute approximate surface area is 157 Å². The largest absolute Gasteiger partial charge is 0.192 e. The monoisotopic (exact) mass is 342 g/mol. The lowest BCUT2D eigenvalue weighted by Gasteiger charge is -2.29. The molecule has 0 aromatic heterocycles. The van der Waals surface area contributed by atoms with Gasteiger partial charge in [-0.3, -0.25) is 0 Å². The molecule has 0 N–H and O–H groups in total. The van der Waals surface area contributed by atoms with Gasteiger partial charge in [-0.2, -0.15) is 10.5 Å². The fraction of sp³-hybridized carbons (Fsp3) is 0.417. The first-order chi connectivity index (χ1) is 12.8. The molecule has 0 saturated heterocycles. The van der Waals surface area contributed by atoms with Crippen molar-refractivity contribution in [2.75, 3.05) is 0 Å². The van der Waals surface area contributed by atoms with Crippen molar-refractivity contribution in [3.8, 4) is 12.1 Å². The Balaban J connectivity index is 1.44. The van der Waals surface area contributed by atoms with Gasteiger partial charge in [0.05, 0.1) is 23.3 Å². The summed E-state index contributed by atoms with van der Waals surface area (Å²) in [5.41, 5.74) is 4.19. The van der Waals surface area contributed by atoms with Crippen LogP contribution in [0.2, 0.25) is 0 Å². The normalized spacial score (nSPS) is 19.5. The lowest BCUT2D eigenvalue weighted by Crippen LogP contribution is -2.17. The molecule has 0 aliphatic heterocycles. The van der Waals surface area contributed by atoms with Crippen molar-refractivity contribution in [2.24, 2.45) is 11.8 Å². The van der Waals surface area contributed by atoms with Crippen molar-refractivity contribution in [2.45, 2.75) is 51.4 Å². The van der Waals surface area contributed by atoms with Crippen LogP contribution in [0.1, 0.15) is 60.8 Å². The fourth-order valence-corrected chi connectivity index (χ4v) is 4.16. The van der Waals surface area contributed by atoms with Crippen molar-refractivity contribution >= 4 is 0 Å². The molecule has 26 heavy (non-hydrogen) atoms. The zero-order chi connectivity index (χ0) is 18.2. The molecule has 3 rings (SSSR count). The maximum absolute atomic E-state index is 8.89. The molecular weight excluding hydrogens is 316 g/mol. The maximum Gasteiger partial charge on any atom is 0.0991 e. The molecular formula is C24H26N2. The van der Waals surface area contributed by atoms with E-state index < -0.39 is 0 Å². The van der Waals surface area contributed by atoms with E-state index in [1.54, 1.807) is 0 Å². The molecule has 1 fully saturated rings. The Morgan fingerprint density at radius 2 is 1.12 bits per heavy atom. The van der Waals surface area contributed by atoms with E-state index in [-0.39, 0.29) is 0 Å². The van der Waals surface area contributed by atoms with E-state index in [0.29, 0.717) is 0 Å². The van der Waals surface area contributed by atoms with Crippen molar-refractivity contribution in [1.82, 2.24) is 0 Å². The molecule has 1 aliphatic carbocycles. The van der Waals surface area contributed by atoms with Gasteiger partial charge < -0.3 is 0 Å². The minimum absolute atomic E-state index is 0.745. The van der Waals surface area contributed by atoms with Crippen molar-refractivity contribution in [3.05, 3.63) is 70.8 Å². The van der Waals surface area contributed by atoms with Crippen LogP contribution < -0.4 is 0 Å². The highest BCUT2D eigenvalue weighted by Crippen LogP contribution is 2.34.